The van der Waals surface area contributed by atoms with Gasteiger partial charge >= 0.3 is 0 Å². The summed E-state index contributed by atoms with van der Waals surface area (Å²) in [5.74, 6) is -0.286. The number of nitrogens with two attached hydrogens (primary N) is 2. The van der Waals surface area contributed by atoms with Gasteiger partial charge in [0.1, 0.15) is 0 Å². The van der Waals surface area contributed by atoms with Gasteiger partial charge in [0.05, 0.1) is 17.9 Å². The van der Waals surface area contributed by atoms with Crippen molar-refractivity contribution in [2.75, 3.05) is 43.4 Å². The lowest BCUT2D eigenvalue weighted by Crippen LogP contribution is -2.49. The molecule has 0 atom stereocenters. The fourth-order valence-electron chi connectivity index (χ4n) is 2.16. The molecule has 1 amide bonds. The number of nitrogen functional groups attached to an aromatic ring is 1. The second kappa shape index (κ2) is 5.46. The Morgan fingerprint density at radius 3 is 2.56 bits per heavy atom. The van der Waals surface area contributed by atoms with Gasteiger partial charge in [-0.25, -0.2) is 0 Å². The summed E-state index contributed by atoms with van der Waals surface area (Å²) in [6.07, 6.45) is 0. The normalized spacial score (nSPS) is 16.8. The van der Waals surface area contributed by atoms with Crippen LogP contribution in [0.1, 0.15) is 0 Å². The Morgan fingerprint density at radius 2 is 1.94 bits per heavy atom. The van der Waals surface area contributed by atoms with E-state index in [1.807, 2.05) is 17.0 Å². The van der Waals surface area contributed by atoms with Crippen molar-refractivity contribution in [2.24, 2.45) is 5.73 Å². The number of hydrogen-bond acceptors (Lipinski definition) is 4. The topological polar surface area (TPSA) is 75.6 Å². The Bertz CT molecular complexity index is 444. The van der Waals surface area contributed by atoms with E-state index in [0.717, 1.165) is 37.6 Å². The summed E-state index contributed by atoms with van der Waals surface area (Å²) in [7, 11) is 0. The molecule has 1 aliphatic rings. The van der Waals surface area contributed by atoms with E-state index in [1.54, 1.807) is 6.07 Å². The maximum atomic E-state index is 10.8. The maximum Gasteiger partial charge on any atom is 0.231 e. The second-order valence-corrected chi connectivity index (χ2v) is 4.87. The van der Waals surface area contributed by atoms with Crippen molar-refractivity contribution in [3.8, 4) is 0 Å². The van der Waals surface area contributed by atoms with Gasteiger partial charge < -0.3 is 16.4 Å². The van der Waals surface area contributed by atoms with Gasteiger partial charge in [-0.1, -0.05) is 11.6 Å². The molecule has 0 aromatic heterocycles. The van der Waals surface area contributed by atoms with Crippen LogP contribution in [-0.4, -0.2) is 43.5 Å². The molecule has 0 unspecified atom stereocenters. The number of piperazine rings is 1. The first kappa shape index (κ1) is 13.0. The predicted octanol–water partition coefficient (Wildman–Crippen LogP) is 0.530. The van der Waals surface area contributed by atoms with Crippen LogP contribution in [0.25, 0.3) is 0 Å². The van der Waals surface area contributed by atoms with Gasteiger partial charge in [-0.15, -0.1) is 0 Å². The van der Waals surface area contributed by atoms with Gasteiger partial charge in [-0.3, -0.25) is 9.69 Å². The monoisotopic (exact) mass is 268 g/mol. The summed E-state index contributed by atoms with van der Waals surface area (Å²) in [5.41, 5.74) is 12.8. The molecule has 0 aliphatic carbocycles. The molecule has 2 rings (SSSR count). The van der Waals surface area contributed by atoms with Crippen LogP contribution >= 0.6 is 11.6 Å². The Morgan fingerprint density at radius 1 is 1.28 bits per heavy atom. The first-order chi connectivity index (χ1) is 8.56. The summed E-state index contributed by atoms with van der Waals surface area (Å²) in [5, 5.41) is 0.679. The van der Waals surface area contributed by atoms with Crippen LogP contribution < -0.4 is 16.4 Å². The molecular formula is C12H17ClN4O. The van der Waals surface area contributed by atoms with Gasteiger partial charge in [-0.2, -0.15) is 0 Å². The van der Waals surface area contributed by atoms with Crippen LogP contribution in [0, 0.1) is 0 Å². The average molecular weight is 269 g/mol. The van der Waals surface area contributed by atoms with Gasteiger partial charge in [0.15, 0.2) is 0 Å². The third-order valence-corrected chi connectivity index (χ3v) is 3.32. The van der Waals surface area contributed by atoms with Crippen LogP contribution in [0.3, 0.4) is 0 Å². The number of nitrogens with zero attached hydrogens (tertiary/aromatic N) is 2. The Balaban J connectivity index is 2.01. The highest BCUT2D eigenvalue weighted by molar-refractivity contribution is 6.31. The summed E-state index contributed by atoms with van der Waals surface area (Å²) in [4.78, 5) is 15.1. The van der Waals surface area contributed by atoms with Crippen molar-refractivity contribution in [1.82, 2.24) is 4.90 Å². The van der Waals surface area contributed by atoms with Crippen LogP contribution in [-0.2, 0) is 4.79 Å². The molecule has 1 aliphatic heterocycles. The highest BCUT2D eigenvalue weighted by Crippen LogP contribution is 2.27. The first-order valence-corrected chi connectivity index (χ1v) is 6.24. The van der Waals surface area contributed by atoms with E-state index in [9.17, 15) is 4.79 Å². The number of halogens is 1. The fraction of sp³-hybridized carbons (Fsp3) is 0.417. The molecule has 6 heteroatoms. The van der Waals surface area contributed by atoms with E-state index in [1.165, 1.54) is 0 Å². The molecule has 1 saturated heterocycles. The zero-order valence-corrected chi connectivity index (χ0v) is 10.9. The minimum absolute atomic E-state index is 0.286. The van der Waals surface area contributed by atoms with Crippen LogP contribution in [0.15, 0.2) is 18.2 Å². The summed E-state index contributed by atoms with van der Waals surface area (Å²) in [6.45, 7) is 3.55. The number of primary amides is 1. The first-order valence-electron chi connectivity index (χ1n) is 5.87. The maximum absolute atomic E-state index is 10.8. The van der Waals surface area contributed by atoms with Crippen LogP contribution in [0.5, 0.6) is 0 Å². The van der Waals surface area contributed by atoms with Crippen LogP contribution in [0.2, 0.25) is 5.02 Å². The summed E-state index contributed by atoms with van der Waals surface area (Å²) in [6, 6.07) is 5.47. The highest BCUT2D eigenvalue weighted by Gasteiger charge is 2.19. The molecule has 1 aromatic carbocycles. The SMILES string of the molecule is NC(=O)CN1CCN(c2cc(Cl)ccc2N)CC1. The molecule has 0 radical (unpaired) electrons. The van der Waals surface area contributed by atoms with Gasteiger partial charge in [0.25, 0.3) is 0 Å². The Labute approximate surface area is 111 Å². The van der Waals surface area contributed by atoms with Crippen molar-refractivity contribution in [2.45, 2.75) is 0 Å². The number of amides is 1. The highest BCUT2D eigenvalue weighted by atomic mass is 35.5. The lowest BCUT2D eigenvalue weighted by molar-refractivity contribution is -0.119. The molecule has 1 heterocycles. The Hall–Kier alpha value is -1.46. The zero-order chi connectivity index (χ0) is 13.1. The number of benzene rings is 1. The molecule has 0 bridgehead atoms. The van der Waals surface area contributed by atoms with E-state index in [2.05, 4.69) is 4.90 Å². The fourth-order valence-corrected chi connectivity index (χ4v) is 2.32. The van der Waals surface area contributed by atoms with Crippen molar-refractivity contribution >= 4 is 28.9 Å². The van der Waals surface area contributed by atoms with Crippen molar-refractivity contribution in [3.05, 3.63) is 23.2 Å². The number of carbonyl (C=O) groups excluding carboxylic acids is 1. The minimum atomic E-state index is -0.286. The third-order valence-electron chi connectivity index (χ3n) is 3.08. The smallest absolute Gasteiger partial charge is 0.231 e. The van der Waals surface area contributed by atoms with E-state index in [-0.39, 0.29) is 5.91 Å². The minimum Gasteiger partial charge on any atom is -0.397 e. The number of hydrogen-bond donors (Lipinski definition) is 2. The zero-order valence-electron chi connectivity index (χ0n) is 10.1. The lowest BCUT2D eigenvalue weighted by atomic mass is 10.2. The van der Waals surface area contributed by atoms with Crippen LogP contribution in [0.4, 0.5) is 11.4 Å². The second-order valence-electron chi connectivity index (χ2n) is 4.43. The molecule has 5 nitrogen and oxygen atoms in total. The predicted molar refractivity (Wildman–Crippen MR) is 73.7 cm³/mol. The Kier molecular flexibility index (Phi) is 3.93. The van der Waals surface area contributed by atoms with E-state index < -0.39 is 0 Å². The molecule has 1 fully saturated rings. The molecular weight excluding hydrogens is 252 g/mol. The number of carbonyl (C=O) groups is 1. The molecule has 0 spiro atoms. The standard InChI is InChI=1S/C12H17ClN4O/c13-9-1-2-10(14)11(7-9)17-5-3-16(4-6-17)8-12(15)18/h1-2,7H,3-6,8,14H2,(H2,15,18). The van der Waals surface area contributed by atoms with Crippen molar-refractivity contribution < 1.29 is 4.79 Å². The number of rotatable bonds is 3. The summed E-state index contributed by atoms with van der Waals surface area (Å²) >= 11 is 5.98. The number of anilines is 2. The van der Waals surface area contributed by atoms with E-state index >= 15 is 0 Å². The average Bonchev–Trinajstić information content (AvgIpc) is 2.33. The molecule has 98 valence electrons. The lowest BCUT2D eigenvalue weighted by Gasteiger charge is -2.36. The van der Waals surface area contributed by atoms with Gasteiger partial charge in [0, 0.05) is 31.2 Å². The molecule has 1 aromatic rings. The van der Waals surface area contributed by atoms with E-state index in [0.29, 0.717) is 11.6 Å². The van der Waals surface area contributed by atoms with Gasteiger partial charge in [-0.05, 0) is 18.2 Å². The molecule has 0 saturated carbocycles. The quantitative estimate of drug-likeness (QED) is 0.784. The third kappa shape index (κ3) is 3.05. The molecule has 4 N–H and O–H groups in total. The van der Waals surface area contributed by atoms with E-state index in [4.69, 9.17) is 23.1 Å². The summed E-state index contributed by atoms with van der Waals surface area (Å²) < 4.78 is 0. The largest absolute Gasteiger partial charge is 0.397 e. The van der Waals surface area contributed by atoms with Crippen molar-refractivity contribution in [1.29, 1.82) is 0 Å². The molecule has 18 heavy (non-hydrogen) atoms. The van der Waals surface area contributed by atoms with Gasteiger partial charge in [0.2, 0.25) is 5.91 Å². The van der Waals surface area contributed by atoms with Crippen molar-refractivity contribution in [3.63, 3.8) is 0 Å².